The lowest BCUT2D eigenvalue weighted by molar-refractivity contribution is -0.136. The lowest BCUT2D eigenvalue weighted by Gasteiger charge is -2.13. The third-order valence-corrected chi connectivity index (χ3v) is 3.04. The van der Waals surface area contributed by atoms with E-state index in [2.05, 4.69) is 5.32 Å². The van der Waals surface area contributed by atoms with Crippen molar-refractivity contribution in [2.75, 3.05) is 17.6 Å². The Hall–Kier alpha value is -2.37. The predicted octanol–water partition coefficient (Wildman–Crippen LogP) is 3.65. The minimum absolute atomic E-state index is 0.181. The van der Waals surface area contributed by atoms with Gasteiger partial charge in [-0.2, -0.15) is 13.2 Å². The van der Waals surface area contributed by atoms with Gasteiger partial charge in [0.15, 0.2) is 0 Å². The number of benzene rings is 2. The fourth-order valence-corrected chi connectivity index (χ4v) is 1.93. The number of nitrogens with one attached hydrogen (secondary N) is 1. The van der Waals surface area contributed by atoms with Gasteiger partial charge in [-0.1, -0.05) is 12.1 Å². The average Bonchev–Trinajstić information content (AvgIpc) is 2.41. The molecule has 112 valence electrons. The summed E-state index contributed by atoms with van der Waals surface area (Å²) in [6.07, 6.45) is -3.83. The minimum Gasteiger partial charge on any atom is -0.508 e. The Balaban J connectivity index is 1.99. The molecule has 0 unspecified atom stereocenters. The highest BCUT2D eigenvalue weighted by Gasteiger charge is 2.33. The van der Waals surface area contributed by atoms with Crippen molar-refractivity contribution in [1.82, 2.24) is 0 Å². The van der Waals surface area contributed by atoms with Crippen molar-refractivity contribution < 1.29 is 18.3 Å². The largest absolute Gasteiger partial charge is 0.508 e. The monoisotopic (exact) mass is 296 g/mol. The van der Waals surface area contributed by atoms with Crippen molar-refractivity contribution in [3.05, 3.63) is 53.6 Å². The number of hydrogen-bond donors (Lipinski definition) is 3. The lowest BCUT2D eigenvalue weighted by atomic mass is 10.1. The van der Waals surface area contributed by atoms with Crippen molar-refractivity contribution in [2.45, 2.75) is 12.6 Å². The number of anilines is 2. The van der Waals surface area contributed by atoms with Crippen LogP contribution in [0.4, 0.5) is 24.5 Å². The van der Waals surface area contributed by atoms with E-state index in [9.17, 15) is 13.2 Å². The summed E-state index contributed by atoms with van der Waals surface area (Å²) in [6.45, 7) is 0.478. The Labute approximate surface area is 120 Å². The standard InChI is InChI=1S/C15H15F3N2O/c16-15(17,18)13-9-11(3-6-14(13)19)20-8-7-10-1-4-12(21)5-2-10/h1-6,9,20-21H,7-8,19H2. The zero-order valence-corrected chi connectivity index (χ0v) is 11.1. The van der Waals surface area contributed by atoms with Crippen molar-refractivity contribution in [1.29, 1.82) is 0 Å². The molecule has 2 rings (SSSR count). The molecule has 0 radical (unpaired) electrons. The van der Waals surface area contributed by atoms with Crippen LogP contribution in [0.5, 0.6) is 5.75 Å². The third-order valence-electron chi connectivity index (χ3n) is 3.04. The normalized spacial score (nSPS) is 11.4. The van der Waals surface area contributed by atoms with Gasteiger partial charge in [-0.15, -0.1) is 0 Å². The summed E-state index contributed by atoms with van der Waals surface area (Å²) in [4.78, 5) is 0. The number of aromatic hydroxyl groups is 1. The molecule has 0 amide bonds. The summed E-state index contributed by atoms with van der Waals surface area (Å²) in [5.74, 6) is 0.181. The Morgan fingerprint density at radius 1 is 1.05 bits per heavy atom. The first kappa shape index (κ1) is 15.0. The van der Waals surface area contributed by atoms with Gasteiger partial charge in [0, 0.05) is 17.9 Å². The first-order valence-electron chi connectivity index (χ1n) is 6.35. The highest BCUT2D eigenvalue weighted by molar-refractivity contribution is 5.58. The van der Waals surface area contributed by atoms with E-state index in [4.69, 9.17) is 10.8 Å². The first-order chi connectivity index (χ1) is 9.86. The maximum absolute atomic E-state index is 12.7. The molecule has 0 atom stereocenters. The molecule has 2 aromatic rings. The van der Waals surface area contributed by atoms with Crippen LogP contribution in [-0.4, -0.2) is 11.7 Å². The van der Waals surface area contributed by atoms with Crippen LogP contribution >= 0.6 is 0 Å². The molecule has 0 heterocycles. The fraction of sp³-hybridized carbons (Fsp3) is 0.200. The molecule has 0 saturated heterocycles. The van der Waals surface area contributed by atoms with E-state index >= 15 is 0 Å². The van der Waals surface area contributed by atoms with Crippen LogP contribution in [0.2, 0.25) is 0 Å². The van der Waals surface area contributed by atoms with Gasteiger partial charge in [-0.05, 0) is 42.3 Å². The van der Waals surface area contributed by atoms with Crippen LogP contribution in [0.15, 0.2) is 42.5 Å². The molecule has 0 aromatic heterocycles. The van der Waals surface area contributed by atoms with Gasteiger partial charge in [-0.25, -0.2) is 0 Å². The van der Waals surface area contributed by atoms with E-state index in [1.165, 1.54) is 12.1 Å². The second kappa shape index (κ2) is 5.95. The van der Waals surface area contributed by atoms with E-state index in [1.54, 1.807) is 24.3 Å². The number of nitrogens with two attached hydrogens (primary N) is 1. The zero-order chi connectivity index (χ0) is 15.5. The Bertz CT molecular complexity index is 609. The van der Waals surface area contributed by atoms with Gasteiger partial charge in [0.2, 0.25) is 0 Å². The number of phenolic OH excluding ortho intramolecular Hbond substituents is 1. The molecular formula is C15H15F3N2O. The van der Waals surface area contributed by atoms with Crippen LogP contribution < -0.4 is 11.1 Å². The van der Waals surface area contributed by atoms with Crippen molar-refractivity contribution in [2.24, 2.45) is 0 Å². The number of phenols is 1. The molecule has 0 saturated carbocycles. The maximum atomic E-state index is 12.7. The summed E-state index contributed by atoms with van der Waals surface area (Å²) >= 11 is 0. The van der Waals surface area contributed by atoms with Crippen LogP contribution in [0.1, 0.15) is 11.1 Å². The third kappa shape index (κ3) is 4.05. The lowest BCUT2D eigenvalue weighted by Crippen LogP contribution is -2.11. The van der Waals surface area contributed by atoms with E-state index in [-0.39, 0.29) is 11.4 Å². The summed E-state index contributed by atoms with van der Waals surface area (Å²) < 4.78 is 38.2. The SMILES string of the molecule is Nc1ccc(NCCc2ccc(O)cc2)cc1C(F)(F)F. The fourth-order valence-electron chi connectivity index (χ4n) is 1.93. The van der Waals surface area contributed by atoms with Gasteiger partial charge in [0.1, 0.15) is 5.75 Å². The topological polar surface area (TPSA) is 58.3 Å². The Morgan fingerprint density at radius 3 is 2.33 bits per heavy atom. The van der Waals surface area contributed by atoms with Crippen molar-refractivity contribution in [3.63, 3.8) is 0 Å². The van der Waals surface area contributed by atoms with Crippen LogP contribution in [0.3, 0.4) is 0 Å². The van der Waals surface area contributed by atoms with E-state index in [0.717, 1.165) is 11.6 Å². The molecule has 0 bridgehead atoms. The summed E-state index contributed by atoms with van der Waals surface area (Å²) in [6, 6.07) is 10.4. The van der Waals surface area contributed by atoms with Gasteiger partial charge < -0.3 is 16.2 Å². The second-order valence-electron chi connectivity index (χ2n) is 4.64. The van der Waals surface area contributed by atoms with Crippen molar-refractivity contribution >= 4 is 11.4 Å². The molecule has 4 N–H and O–H groups in total. The van der Waals surface area contributed by atoms with Crippen molar-refractivity contribution in [3.8, 4) is 5.75 Å². The number of rotatable bonds is 4. The molecule has 2 aromatic carbocycles. The van der Waals surface area contributed by atoms with E-state index in [1.807, 2.05) is 0 Å². The molecule has 0 fully saturated rings. The van der Waals surface area contributed by atoms with Crippen LogP contribution in [0.25, 0.3) is 0 Å². The Kier molecular flexibility index (Phi) is 4.26. The van der Waals surface area contributed by atoms with E-state index in [0.29, 0.717) is 18.7 Å². The molecule has 0 spiro atoms. The zero-order valence-electron chi connectivity index (χ0n) is 11.1. The Morgan fingerprint density at radius 2 is 1.71 bits per heavy atom. The number of alkyl halides is 3. The number of hydrogen-bond acceptors (Lipinski definition) is 3. The molecule has 3 nitrogen and oxygen atoms in total. The predicted molar refractivity (Wildman–Crippen MR) is 76.2 cm³/mol. The number of halogens is 3. The summed E-state index contributed by atoms with van der Waals surface area (Å²) in [7, 11) is 0. The minimum atomic E-state index is -4.46. The highest BCUT2D eigenvalue weighted by Crippen LogP contribution is 2.35. The molecule has 21 heavy (non-hydrogen) atoms. The summed E-state index contributed by atoms with van der Waals surface area (Å²) in [5, 5.41) is 12.1. The van der Waals surface area contributed by atoms with Gasteiger partial charge in [0.05, 0.1) is 5.56 Å². The first-order valence-corrected chi connectivity index (χ1v) is 6.35. The molecular weight excluding hydrogens is 281 g/mol. The smallest absolute Gasteiger partial charge is 0.418 e. The number of nitrogen functional groups attached to an aromatic ring is 1. The summed E-state index contributed by atoms with van der Waals surface area (Å²) in [5.41, 5.74) is 5.57. The molecule has 0 aliphatic rings. The maximum Gasteiger partial charge on any atom is 0.418 e. The highest BCUT2D eigenvalue weighted by atomic mass is 19.4. The van der Waals surface area contributed by atoms with E-state index < -0.39 is 11.7 Å². The van der Waals surface area contributed by atoms with Crippen LogP contribution in [0, 0.1) is 0 Å². The van der Waals surface area contributed by atoms with Gasteiger partial charge >= 0.3 is 6.18 Å². The second-order valence-corrected chi connectivity index (χ2v) is 4.64. The van der Waals surface area contributed by atoms with Gasteiger partial charge in [0.25, 0.3) is 0 Å². The molecule has 0 aliphatic heterocycles. The molecule has 6 heteroatoms. The quantitative estimate of drug-likeness (QED) is 0.755. The molecule has 0 aliphatic carbocycles. The van der Waals surface area contributed by atoms with Gasteiger partial charge in [-0.3, -0.25) is 0 Å². The average molecular weight is 296 g/mol. The van der Waals surface area contributed by atoms with Crippen LogP contribution in [-0.2, 0) is 12.6 Å².